The first-order chi connectivity index (χ1) is 15.6. The zero-order chi connectivity index (χ0) is 24.2. The van der Waals surface area contributed by atoms with Crippen molar-refractivity contribution < 1.29 is 17.6 Å². The van der Waals surface area contributed by atoms with Crippen LogP contribution in [0.5, 0.6) is 0 Å². The molecule has 0 aliphatic rings. The number of likely N-dealkylation sites (N-methyl/N-ethyl adjacent to an activating group) is 1. The average molecular weight is 492 g/mol. The number of benzene rings is 2. The van der Waals surface area contributed by atoms with Crippen LogP contribution in [-0.4, -0.2) is 56.1 Å². The van der Waals surface area contributed by atoms with Crippen molar-refractivity contribution in [3.05, 3.63) is 53.3 Å². The fourth-order valence-corrected chi connectivity index (χ4v) is 6.11. The maximum absolute atomic E-state index is 13.2. The standard InChI is InChI=1S/C24H30FN3O3S2/c1-5-27(6-2)12-13-28(24-26-23-18(4)15-17(3)16-21(23)32-24)22(29)11-14-33(30,31)20-9-7-19(25)8-10-20/h7-10,15-16H,5-6,11-14H2,1-4H3. The van der Waals surface area contributed by atoms with E-state index in [1.165, 1.54) is 23.5 Å². The van der Waals surface area contributed by atoms with E-state index in [9.17, 15) is 17.6 Å². The molecular weight excluding hydrogens is 461 g/mol. The van der Waals surface area contributed by atoms with Crippen LogP contribution in [0.1, 0.15) is 31.4 Å². The van der Waals surface area contributed by atoms with Crippen molar-refractivity contribution in [1.82, 2.24) is 9.88 Å². The van der Waals surface area contributed by atoms with Crippen LogP contribution in [0.4, 0.5) is 9.52 Å². The van der Waals surface area contributed by atoms with E-state index in [1.54, 1.807) is 4.90 Å². The monoisotopic (exact) mass is 491 g/mol. The quantitative estimate of drug-likeness (QED) is 0.388. The third kappa shape index (κ3) is 6.16. The number of fused-ring (bicyclic) bond motifs is 1. The number of rotatable bonds is 10. The Hall–Kier alpha value is -2.36. The third-order valence-electron chi connectivity index (χ3n) is 5.64. The van der Waals surface area contributed by atoms with Crippen molar-refractivity contribution in [2.24, 2.45) is 0 Å². The first-order valence-corrected chi connectivity index (χ1v) is 13.5. The molecule has 2 aromatic carbocycles. The van der Waals surface area contributed by atoms with Gasteiger partial charge < -0.3 is 4.90 Å². The average Bonchev–Trinajstić information content (AvgIpc) is 3.19. The van der Waals surface area contributed by atoms with Crippen LogP contribution in [-0.2, 0) is 14.6 Å². The number of aryl methyl sites for hydroxylation is 2. The predicted octanol–water partition coefficient (Wildman–Crippen LogP) is 4.59. The van der Waals surface area contributed by atoms with E-state index >= 15 is 0 Å². The van der Waals surface area contributed by atoms with E-state index < -0.39 is 15.7 Å². The van der Waals surface area contributed by atoms with E-state index in [0.717, 1.165) is 46.6 Å². The second-order valence-corrected chi connectivity index (χ2v) is 11.1. The highest BCUT2D eigenvalue weighted by Gasteiger charge is 2.24. The smallest absolute Gasteiger partial charge is 0.229 e. The van der Waals surface area contributed by atoms with Gasteiger partial charge in [-0.2, -0.15) is 0 Å². The fourth-order valence-electron chi connectivity index (χ4n) is 3.70. The van der Waals surface area contributed by atoms with Gasteiger partial charge in [0.05, 0.1) is 20.9 Å². The molecule has 0 aliphatic carbocycles. The van der Waals surface area contributed by atoms with Gasteiger partial charge in [0.15, 0.2) is 15.0 Å². The lowest BCUT2D eigenvalue weighted by Gasteiger charge is -2.24. The molecule has 1 heterocycles. The number of amides is 1. The van der Waals surface area contributed by atoms with Crippen molar-refractivity contribution in [3.63, 3.8) is 0 Å². The van der Waals surface area contributed by atoms with Crippen molar-refractivity contribution in [2.75, 3.05) is 36.8 Å². The van der Waals surface area contributed by atoms with Crippen molar-refractivity contribution in [2.45, 2.75) is 39.0 Å². The van der Waals surface area contributed by atoms with Gasteiger partial charge >= 0.3 is 0 Å². The minimum absolute atomic E-state index is 0.0116. The summed E-state index contributed by atoms with van der Waals surface area (Å²) in [7, 11) is -3.71. The molecule has 3 rings (SSSR count). The Morgan fingerprint density at radius 1 is 1.06 bits per heavy atom. The van der Waals surface area contributed by atoms with Gasteiger partial charge in [-0.1, -0.05) is 31.3 Å². The van der Waals surface area contributed by atoms with Crippen molar-refractivity contribution in [3.8, 4) is 0 Å². The lowest BCUT2D eigenvalue weighted by molar-refractivity contribution is -0.118. The van der Waals surface area contributed by atoms with Crippen LogP contribution in [0, 0.1) is 19.7 Å². The van der Waals surface area contributed by atoms with Crippen LogP contribution in [0.3, 0.4) is 0 Å². The molecule has 178 valence electrons. The molecule has 9 heteroatoms. The zero-order valence-electron chi connectivity index (χ0n) is 19.5. The Bertz CT molecular complexity index is 1220. The Morgan fingerprint density at radius 3 is 2.36 bits per heavy atom. The highest BCUT2D eigenvalue weighted by atomic mass is 32.2. The van der Waals surface area contributed by atoms with Crippen molar-refractivity contribution in [1.29, 1.82) is 0 Å². The van der Waals surface area contributed by atoms with Gasteiger partial charge in [-0.15, -0.1) is 0 Å². The summed E-state index contributed by atoms with van der Waals surface area (Å²) in [5.74, 6) is -1.14. The van der Waals surface area contributed by atoms with Crippen LogP contribution in [0.25, 0.3) is 10.2 Å². The number of hydrogen-bond donors (Lipinski definition) is 0. The molecule has 0 spiro atoms. The number of carbonyl (C=O) groups is 1. The minimum Gasteiger partial charge on any atom is -0.302 e. The first-order valence-electron chi connectivity index (χ1n) is 11.0. The molecule has 33 heavy (non-hydrogen) atoms. The Kier molecular flexibility index (Phi) is 8.20. The van der Waals surface area contributed by atoms with Gasteiger partial charge in [0.25, 0.3) is 0 Å². The van der Waals surface area contributed by atoms with Crippen molar-refractivity contribution >= 4 is 42.4 Å². The number of hydrogen-bond acceptors (Lipinski definition) is 6. The molecular formula is C24H30FN3O3S2. The molecule has 0 saturated carbocycles. The lowest BCUT2D eigenvalue weighted by atomic mass is 10.1. The van der Waals surface area contributed by atoms with Gasteiger partial charge in [-0.05, 0) is 68.4 Å². The van der Waals surface area contributed by atoms with Gasteiger partial charge in [-0.25, -0.2) is 17.8 Å². The summed E-state index contributed by atoms with van der Waals surface area (Å²) in [6, 6.07) is 8.78. The summed E-state index contributed by atoms with van der Waals surface area (Å²) in [4.78, 5) is 21.8. The molecule has 1 amide bonds. The van der Waals surface area contributed by atoms with E-state index in [2.05, 4.69) is 30.9 Å². The molecule has 0 fully saturated rings. The number of nitrogens with zero attached hydrogens (tertiary/aromatic N) is 3. The number of sulfone groups is 1. The molecule has 0 N–H and O–H groups in total. The molecule has 0 bridgehead atoms. The SMILES string of the molecule is CCN(CC)CCN(C(=O)CCS(=O)(=O)c1ccc(F)cc1)c1nc2c(C)cc(C)cc2s1. The normalized spacial score (nSPS) is 11.9. The van der Waals surface area contributed by atoms with E-state index in [1.807, 2.05) is 13.8 Å². The fraction of sp³-hybridized carbons (Fsp3) is 0.417. The number of aromatic nitrogens is 1. The predicted molar refractivity (Wildman–Crippen MR) is 132 cm³/mol. The van der Waals surface area contributed by atoms with Gasteiger partial charge in [-0.3, -0.25) is 9.69 Å². The highest BCUT2D eigenvalue weighted by Crippen LogP contribution is 2.32. The molecule has 0 atom stereocenters. The molecule has 0 saturated heterocycles. The number of carbonyl (C=O) groups excluding carboxylic acids is 1. The maximum Gasteiger partial charge on any atom is 0.229 e. The molecule has 3 aromatic rings. The second kappa shape index (κ2) is 10.7. The Labute approximate surface area is 199 Å². The van der Waals surface area contributed by atoms with E-state index in [-0.39, 0.29) is 23.0 Å². The summed E-state index contributed by atoms with van der Waals surface area (Å²) in [6.45, 7) is 11.0. The summed E-state index contributed by atoms with van der Waals surface area (Å²) in [5, 5.41) is 0.579. The lowest BCUT2D eigenvalue weighted by Crippen LogP contribution is -2.39. The summed E-state index contributed by atoms with van der Waals surface area (Å²) in [6.07, 6.45) is -0.175. The van der Waals surface area contributed by atoms with E-state index in [0.29, 0.717) is 18.2 Å². The Balaban J connectivity index is 1.85. The first kappa shape index (κ1) is 25.3. The zero-order valence-corrected chi connectivity index (χ0v) is 21.1. The minimum atomic E-state index is -3.71. The van der Waals surface area contributed by atoms with Crippen LogP contribution < -0.4 is 4.90 Å². The van der Waals surface area contributed by atoms with Crippen LogP contribution in [0.2, 0.25) is 0 Å². The highest BCUT2D eigenvalue weighted by molar-refractivity contribution is 7.91. The van der Waals surface area contributed by atoms with Gasteiger partial charge in [0.1, 0.15) is 5.82 Å². The van der Waals surface area contributed by atoms with Gasteiger partial charge in [0.2, 0.25) is 5.91 Å². The second-order valence-electron chi connectivity index (χ2n) is 8.02. The number of anilines is 1. The van der Waals surface area contributed by atoms with Gasteiger partial charge in [0, 0.05) is 19.5 Å². The largest absolute Gasteiger partial charge is 0.302 e. The number of thiazole rings is 1. The molecule has 0 unspecified atom stereocenters. The molecule has 0 aliphatic heterocycles. The molecule has 0 radical (unpaired) electrons. The summed E-state index contributed by atoms with van der Waals surface area (Å²) < 4.78 is 39.5. The van der Waals surface area contributed by atoms with Crippen LogP contribution in [0.15, 0.2) is 41.3 Å². The third-order valence-corrected chi connectivity index (χ3v) is 8.40. The summed E-state index contributed by atoms with van der Waals surface area (Å²) in [5.41, 5.74) is 3.03. The topological polar surface area (TPSA) is 70.6 Å². The molecule has 6 nitrogen and oxygen atoms in total. The van der Waals surface area contributed by atoms with Crippen LogP contribution >= 0.6 is 11.3 Å². The number of halogens is 1. The molecule has 1 aromatic heterocycles. The maximum atomic E-state index is 13.2. The summed E-state index contributed by atoms with van der Waals surface area (Å²) >= 11 is 1.44. The Morgan fingerprint density at radius 2 is 1.73 bits per heavy atom. The van der Waals surface area contributed by atoms with E-state index in [4.69, 9.17) is 4.98 Å².